The molecule has 3 saturated carbocycles. The van der Waals surface area contributed by atoms with Crippen LogP contribution in [0.4, 0.5) is 0 Å². The summed E-state index contributed by atoms with van der Waals surface area (Å²) in [6.07, 6.45) is 10.7. The molecule has 1 N–H and O–H groups in total. The van der Waals surface area contributed by atoms with E-state index in [1.165, 1.54) is 24.8 Å². The molecule has 4 rings (SSSR count). The standard InChI is InChI=1S/C21H32O2/c1-4-16-19(23)12-18-15-6-5-13-11-14(22)7-9-20(13,2)17(15)8-10-21(16,18)3/h11,15-19,23H,4-10,12H2,1-3H3/t15-,16-,17+,18-,19-,20-,21+/m0/s1. The highest BCUT2D eigenvalue weighted by Crippen LogP contribution is 2.66. The summed E-state index contributed by atoms with van der Waals surface area (Å²) in [5.41, 5.74) is 2.05. The van der Waals surface area contributed by atoms with Crippen LogP contribution in [-0.2, 0) is 4.79 Å². The van der Waals surface area contributed by atoms with E-state index < -0.39 is 0 Å². The predicted octanol–water partition coefficient (Wildman–Crippen LogP) is 4.52. The lowest BCUT2D eigenvalue weighted by molar-refractivity contribution is -0.117. The maximum Gasteiger partial charge on any atom is 0.155 e. The summed E-state index contributed by atoms with van der Waals surface area (Å²) in [6.45, 7) is 7.16. The molecule has 0 aromatic carbocycles. The first-order valence-electron chi connectivity index (χ1n) is 9.82. The van der Waals surface area contributed by atoms with Crippen LogP contribution < -0.4 is 0 Å². The van der Waals surface area contributed by atoms with Crippen molar-refractivity contribution in [3.05, 3.63) is 11.6 Å². The van der Waals surface area contributed by atoms with Gasteiger partial charge in [0.2, 0.25) is 0 Å². The van der Waals surface area contributed by atoms with Gasteiger partial charge in [-0.25, -0.2) is 0 Å². The Bertz CT molecular complexity index is 550. The first kappa shape index (κ1) is 15.9. The third-order valence-electron chi connectivity index (χ3n) is 8.65. The molecule has 0 unspecified atom stereocenters. The van der Waals surface area contributed by atoms with Crippen LogP contribution in [0.1, 0.15) is 72.1 Å². The van der Waals surface area contributed by atoms with Crippen LogP contribution in [0.25, 0.3) is 0 Å². The van der Waals surface area contributed by atoms with E-state index in [9.17, 15) is 9.90 Å². The largest absolute Gasteiger partial charge is 0.393 e. The maximum absolute atomic E-state index is 11.9. The van der Waals surface area contributed by atoms with E-state index in [0.717, 1.165) is 43.9 Å². The number of aliphatic hydroxyl groups is 1. The van der Waals surface area contributed by atoms with Crippen molar-refractivity contribution >= 4 is 5.78 Å². The van der Waals surface area contributed by atoms with Crippen molar-refractivity contribution in [1.29, 1.82) is 0 Å². The summed E-state index contributed by atoms with van der Waals surface area (Å²) in [5.74, 6) is 3.02. The minimum atomic E-state index is -0.0913. The molecule has 7 atom stereocenters. The smallest absolute Gasteiger partial charge is 0.155 e. The molecular weight excluding hydrogens is 284 g/mol. The van der Waals surface area contributed by atoms with Crippen molar-refractivity contribution in [1.82, 2.24) is 0 Å². The molecule has 3 fully saturated rings. The fraction of sp³-hybridized carbons (Fsp3) is 0.857. The Labute approximate surface area is 140 Å². The number of carbonyl (C=O) groups is 1. The predicted molar refractivity (Wildman–Crippen MR) is 91.9 cm³/mol. The molecule has 0 bridgehead atoms. The molecule has 0 saturated heterocycles. The SMILES string of the molecule is CC[C@H]1[C@@H](O)C[C@H]2[C@H]3CCC4=CC(=O)CC[C@]4(C)[C@@H]3CC[C@@]21C. The number of hydrogen-bond donors (Lipinski definition) is 1. The number of hydrogen-bond acceptors (Lipinski definition) is 2. The summed E-state index contributed by atoms with van der Waals surface area (Å²) in [6, 6.07) is 0. The van der Waals surface area contributed by atoms with Crippen molar-refractivity contribution in [3.8, 4) is 0 Å². The maximum atomic E-state index is 11.9. The van der Waals surface area contributed by atoms with Crippen molar-refractivity contribution < 1.29 is 9.90 Å². The van der Waals surface area contributed by atoms with Gasteiger partial charge in [-0.3, -0.25) is 4.79 Å². The molecule has 4 aliphatic rings. The average molecular weight is 316 g/mol. The molecule has 0 amide bonds. The van der Waals surface area contributed by atoms with Gasteiger partial charge in [0.05, 0.1) is 6.10 Å². The Morgan fingerprint density at radius 3 is 2.70 bits per heavy atom. The summed E-state index contributed by atoms with van der Waals surface area (Å²) in [4.78, 5) is 11.9. The minimum Gasteiger partial charge on any atom is -0.393 e. The van der Waals surface area contributed by atoms with Crippen LogP contribution in [-0.4, -0.2) is 17.0 Å². The van der Waals surface area contributed by atoms with E-state index in [4.69, 9.17) is 0 Å². The van der Waals surface area contributed by atoms with Crippen LogP contribution in [0.15, 0.2) is 11.6 Å². The van der Waals surface area contributed by atoms with Gasteiger partial charge in [0, 0.05) is 6.42 Å². The fourth-order valence-corrected chi connectivity index (χ4v) is 7.41. The molecule has 0 spiro atoms. The molecular formula is C21H32O2. The molecule has 0 aromatic heterocycles. The zero-order valence-corrected chi connectivity index (χ0v) is 15.0. The van der Waals surface area contributed by atoms with Crippen LogP contribution in [0.2, 0.25) is 0 Å². The Kier molecular flexibility index (Phi) is 3.58. The number of aliphatic hydroxyl groups excluding tert-OH is 1. The molecule has 4 aliphatic carbocycles. The summed E-state index contributed by atoms with van der Waals surface area (Å²) in [7, 11) is 0. The van der Waals surface area contributed by atoms with Gasteiger partial charge >= 0.3 is 0 Å². The summed E-state index contributed by atoms with van der Waals surface area (Å²) >= 11 is 0. The lowest BCUT2D eigenvalue weighted by Gasteiger charge is -2.58. The highest BCUT2D eigenvalue weighted by atomic mass is 16.3. The van der Waals surface area contributed by atoms with Gasteiger partial charge in [-0.2, -0.15) is 0 Å². The second kappa shape index (κ2) is 5.18. The topological polar surface area (TPSA) is 37.3 Å². The van der Waals surface area contributed by atoms with Gasteiger partial charge in [-0.15, -0.1) is 0 Å². The lowest BCUT2D eigenvalue weighted by atomic mass is 9.47. The van der Waals surface area contributed by atoms with E-state index in [1.807, 2.05) is 6.08 Å². The minimum absolute atomic E-state index is 0.0913. The first-order chi connectivity index (χ1) is 10.9. The van der Waals surface area contributed by atoms with Crippen molar-refractivity contribution in [2.24, 2.45) is 34.5 Å². The third kappa shape index (κ3) is 2.06. The molecule has 0 aliphatic heterocycles. The van der Waals surface area contributed by atoms with Crippen LogP contribution in [0.5, 0.6) is 0 Å². The normalized spacial score (nSPS) is 52.4. The van der Waals surface area contributed by atoms with Crippen molar-refractivity contribution in [3.63, 3.8) is 0 Å². The quantitative estimate of drug-likeness (QED) is 0.772. The fourth-order valence-electron chi connectivity index (χ4n) is 7.41. The van der Waals surface area contributed by atoms with E-state index in [-0.39, 0.29) is 11.5 Å². The summed E-state index contributed by atoms with van der Waals surface area (Å²) in [5, 5.41) is 10.7. The first-order valence-corrected chi connectivity index (χ1v) is 9.82. The molecule has 0 heterocycles. The van der Waals surface area contributed by atoms with Gasteiger partial charge in [0.15, 0.2) is 5.78 Å². The van der Waals surface area contributed by atoms with Crippen molar-refractivity contribution in [2.75, 3.05) is 0 Å². The highest BCUT2D eigenvalue weighted by Gasteiger charge is 2.60. The van der Waals surface area contributed by atoms with E-state index in [1.54, 1.807) is 0 Å². The van der Waals surface area contributed by atoms with Gasteiger partial charge in [0.1, 0.15) is 0 Å². The number of fused-ring (bicyclic) bond motifs is 5. The molecule has 23 heavy (non-hydrogen) atoms. The van der Waals surface area contributed by atoms with Gasteiger partial charge in [-0.05, 0) is 79.1 Å². The monoisotopic (exact) mass is 316 g/mol. The van der Waals surface area contributed by atoms with E-state index in [0.29, 0.717) is 23.0 Å². The average Bonchev–Trinajstić information content (AvgIpc) is 2.77. The lowest BCUT2D eigenvalue weighted by Crippen LogP contribution is -2.50. The second-order valence-electron chi connectivity index (χ2n) is 9.33. The van der Waals surface area contributed by atoms with Gasteiger partial charge in [-0.1, -0.05) is 32.8 Å². The van der Waals surface area contributed by atoms with Crippen molar-refractivity contribution in [2.45, 2.75) is 78.2 Å². The molecule has 128 valence electrons. The molecule has 2 heteroatoms. The number of carbonyl (C=O) groups excluding carboxylic acids is 1. The number of allylic oxidation sites excluding steroid dienone is 1. The molecule has 0 radical (unpaired) electrons. The Hall–Kier alpha value is -0.630. The van der Waals surface area contributed by atoms with E-state index >= 15 is 0 Å². The number of ketones is 1. The van der Waals surface area contributed by atoms with Crippen LogP contribution in [0.3, 0.4) is 0 Å². The van der Waals surface area contributed by atoms with Crippen LogP contribution >= 0.6 is 0 Å². The van der Waals surface area contributed by atoms with E-state index in [2.05, 4.69) is 20.8 Å². The highest BCUT2D eigenvalue weighted by molar-refractivity contribution is 5.91. The molecule has 2 nitrogen and oxygen atoms in total. The Balaban J connectivity index is 1.68. The Morgan fingerprint density at radius 2 is 1.96 bits per heavy atom. The zero-order chi connectivity index (χ0) is 16.4. The second-order valence-corrected chi connectivity index (χ2v) is 9.33. The zero-order valence-electron chi connectivity index (χ0n) is 15.0. The Morgan fingerprint density at radius 1 is 1.17 bits per heavy atom. The third-order valence-corrected chi connectivity index (χ3v) is 8.65. The van der Waals surface area contributed by atoms with Crippen LogP contribution in [0, 0.1) is 34.5 Å². The summed E-state index contributed by atoms with van der Waals surface area (Å²) < 4.78 is 0. The van der Waals surface area contributed by atoms with Gasteiger partial charge in [0.25, 0.3) is 0 Å². The van der Waals surface area contributed by atoms with Gasteiger partial charge < -0.3 is 5.11 Å². The molecule has 0 aromatic rings. The number of rotatable bonds is 1.